The molecule has 0 aliphatic rings. The number of nitrogens with one attached hydrogen (secondary N) is 1. The van der Waals surface area contributed by atoms with Crippen LogP contribution in [0.2, 0.25) is 0 Å². The number of aryl methyl sites for hydroxylation is 2. The van der Waals surface area contributed by atoms with Gasteiger partial charge in [-0.1, -0.05) is 0 Å². The van der Waals surface area contributed by atoms with E-state index in [0.717, 1.165) is 11.8 Å². The quantitative estimate of drug-likeness (QED) is 0.558. The van der Waals surface area contributed by atoms with Crippen LogP contribution in [0.1, 0.15) is 11.3 Å². The van der Waals surface area contributed by atoms with E-state index in [0.29, 0.717) is 39.9 Å². The van der Waals surface area contributed by atoms with Gasteiger partial charge in [0.15, 0.2) is 11.6 Å². The zero-order valence-corrected chi connectivity index (χ0v) is 14.5. The maximum atomic E-state index is 14.3. The Balaban J connectivity index is 1.77. The molecule has 0 saturated heterocycles. The van der Waals surface area contributed by atoms with Crippen molar-refractivity contribution in [2.75, 3.05) is 0 Å². The van der Waals surface area contributed by atoms with E-state index < -0.39 is 11.8 Å². The fourth-order valence-electron chi connectivity index (χ4n) is 2.81. The zero-order chi connectivity index (χ0) is 19.0. The second-order valence-corrected chi connectivity index (χ2v) is 6.05. The van der Waals surface area contributed by atoms with Gasteiger partial charge in [-0.25, -0.2) is 24.3 Å². The number of H-pyrrole nitrogens is 1. The Morgan fingerprint density at radius 2 is 1.78 bits per heavy atom. The predicted octanol–water partition coefficient (Wildman–Crippen LogP) is 3.89. The minimum Gasteiger partial charge on any atom is -0.257 e. The summed E-state index contributed by atoms with van der Waals surface area (Å²) in [6.45, 7) is 3.63. The van der Waals surface area contributed by atoms with Crippen LogP contribution in [0.4, 0.5) is 8.78 Å². The Labute approximate surface area is 153 Å². The lowest BCUT2D eigenvalue weighted by atomic mass is 10.0. The normalized spacial score (nSPS) is 11.0. The second-order valence-electron chi connectivity index (χ2n) is 6.05. The first-order valence-corrected chi connectivity index (χ1v) is 8.16. The molecule has 0 aromatic carbocycles. The van der Waals surface area contributed by atoms with Gasteiger partial charge in [-0.3, -0.25) is 5.10 Å². The van der Waals surface area contributed by atoms with E-state index in [1.54, 1.807) is 18.2 Å². The van der Waals surface area contributed by atoms with E-state index in [-0.39, 0.29) is 0 Å². The van der Waals surface area contributed by atoms with E-state index in [9.17, 15) is 8.78 Å². The maximum Gasteiger partial charge on any atom is 0.220 e. The largest absolute Gasteiger partial charge is 0.257 e. The first-order valence-electron chi connectivity index (χ1n) is 8.16. The average molecular weight is 364 g/mol. The summed E-state index contributed by atoms with van der Waals surface area (Å²) in [5.74, 6) is -0.253. The van der Waals surface area contributed by atoms with Crippen molar-refractivity contribution in [3.8, 4) is 34.2 Å². The molecule has 0 aliphatic heterocycles. The summed E-state index contributed by atoms with van der Waals surface area (Å²) >= 11 is 0. The Kier molecular flexibility index (Phi) is 4.15. The molecule has 4 rings (SSSR count). The molecule has 1 N–H and O–H groups in total. The molecule has 0 amide bonds. The molecule has 4 heterocycles. The van der Waals surface area contributed by atoms with Crippen molar-refractivity contribution >= 4 is 0 Å². The monoisotopic (exact) mass is 364 g/mol. The lowest BCUT2D eigenvalue weighted by Crippen LogP contribution is -1.96. The highest BCUT2D eigenvalue weighted by atomic mass is 19.1. The van der Waals surface area contributed by atoms with Gasteiger partial charge in [0.25, 0.3) is 0 Å². The van der Waals surface area contributed by atoms with Crippen molar-refractivity contribution < 1.29 is 8.78 Å². The summed E-state index contributed by atoms with van der Waals surface area (Å²) in [5, 5.41) is 6.93. The lowest BCUT2D eigenvalue weighted by molar-refractivity contribution is 0.586. The molecule has 0 radical (unpaired) electrons. The highest BCUT2D eigenvalue weighted by molar-refractivity contribution is 5.71. The number of hydrogen-bond acceptors (Lipinski definition) is 5. The van der Waals surface area contributed by atoms with Crippen LogP contribution < -0.4 is 0 Å². The third kappa shape index (κ3) is 3.29. The highest BCUT2D eigenvalue weighted by Gasteiger charge is 2.15. The van der Waals surface area contributed by atoms with Crippen molar-refractivity contribution in [1.82, 2.24) is 30.1 Å². The third-order valence-electron chi connectivity index (χ3n) is 4.04. The predicted molar refractivity (Wildman–Crippen MR) is 95.5 cm³/mol. The third-order valence-corrected chi connectivity index (χ3v) is 4.04. The molecular weight excluding hydrogens is 350 g/mol. The summed E-state index contributed by atoms with van der Waals surface area (Å²) in [7, 11) is 0. The molecule has 27 heavy (non-hydrogen) atoms. The summed E-state index contributed by atoms with van der Waals surface area (Å²) in [6, 6.07) is 8.04. The molecule has 0 aliphatic carbocycles. The van der Waals surface area contributed by atoms with Crippen LogP contribution in [-0.4, -0.2) is 30.1 Å². The number of aromatic amines is 1. The van der Waals surface area contributed by atoms with Crippen LogP contribution in [0, 0.1) is 25.6 Å². The van der Waals surface area contributed by atoms with Crippen LogP contribution in [-0.2, 0) is 0 Å². The molecule has 0 atom stereocenters. The standard InChI is InChI=1S/C19H14F2N6/c1-10-5-6-22-17(21)16(10)12-7-11(2)24-15(8-12)19-25-18(26-27-19)14-4-3-13(20)9-23-14/h3-9H,1-2H3,(H,25,26,27). The minimum atomic E-state index is -0.544. The van der Waals surface area contributed by atoms with Crippen molar-refractivity contribution in [1.29, 1.82) is 0 Å². The molecule has 134 valence electrons. The number of hydrogen-bond donors (Lipinski definition) is 1. The second kappa shape index (κ2) is 6.64. The topological polar surface area (TPSA) is 80.2 Å². The van der Waals surface area contributed by atoms with Crippen molar-refractivity contribution in [2.24, 2.45) is 0 Å². The molecule has 0 unspecified atom stereocenters. The Morgan fingerprint density at radius 1 is 0.926 bits per heavy atom. The Morgan fingerprint density at radius 3 is 2.52 bits per heavy atom. The van der Waals surface area contributed by atoms with Gasteiger partial charge in [-0.2, -0.15) is 9.49 Å². The first-order chi connectivity index (χ1) is 13.0. The Hall–Kier alpha value is -3.55. The smallest absolute Gasteiger partial charge is 0.220 e. The van der Waals surface area contributed by atoms with E-state index in [4.69, 9.17) is 0 Å². The zero-order valence-electron chi connectivity index (χ0n) is 14.5. The van der Waals surface area contributed by atoms with E-state index in [1.807, 2.05) is 13.8 Å². The van der Waals surface area contributed by atoms with E-state index in [1.165, 1.54) is 18.3 Å². The van der Waals surface area contributed by atoms with Crippen LogP contribution in [0.3, 0.4) is 0 Å². The molecule has 0 saturated carbocycles. The van der Waals surface area contributed by atoms with Gasteiger partial charge in [0, 0.05) is 17.5 Å². The molecule has 0 bridgehead atoms. The van der Waals surface area contributed by atoms with E-state index in [2.05, 4.69) is 30.1 Å². The summed E-state index contributed by atoms with van der Waals surface area (Å²) in [6.07, 6.45) is 2.54. The van der Waals surface area contributed by atoms with Gasteiger partial charge in [0.2, 0.25) is 5.95 Å². The van der Waals surface area contributed by atoms with Gasteiger partial charge in [-0.15, -0.1) is 0 Å². The van der Waals surface area contributed by atoms with Crippen LogP contribution in [0.5, 0.6) is 0 Å². The van der Waals surface area contributed by atoms with Crippen LogP contribution in [0.25, 0.3) is 34.2 Å². The summed E-state index contributed by atoms with van der Waals surface area (Å²) < 4.78 is 27.3. The fraction of sp³-hybridized carbons (Fsp3) is 0.105. The van der Waals surface area contributed by atoms with Gasteiger partial charge in [0.05, 0.1) is 6.20 Å². The minimum absolute atomic E-state index is 0.336. The number of aromatic nitrogens is 6. The maximum absolute atomic E-state index is 14.3. The van der Waals surface area contributed by atoms with Crippen LogP contribution >= 0.6 is 0 Å². The van der Waals surface area contributed by atoms with Crippen molar-refractivity contribution in [2.45, 2.75) is 13.8 Å². The lowest BCUT2D eigenvalue weighted by Gasteiger charge is -2.08. The van der Waals surface area contributed by atoms with Gasteiger partial charge < -0.3 is 0 Å². The first kappa shape index (κ1) is 16.9. The highest BCUT2D eigenvalue weighted by Crippen LogP contribution is 2.29. The van der Waals surface area contributed by atoms with Gasteiger partial charge in [0.1, 0.15) is 17.2 Å². The van der Waals surface area contributed by atoms with E-state index >= 15 is 0 Å². The molecule has 8 heteroatoms. The summed E-state index contributed by atoms with van der Waals surface area (Å²) in [4.78, 5) is 16.5. The molecule has 0 spiro atoms. The van der Waals surface area contributed by atoms with Gasteiger partial charge >= 0.3 is 0 Å². The molecule has 4 aromatic rings. The Bertz CT molecular complexity index is 1100. The number of halogens is 2. The van der Waals surface area contributed by atoms with Crippen LogP contribution in [0.15, 0.2) is 42.7 Å². The molecule has 4 aromatic heterocycles. The van der Waals surface area contributed by atoms with Gasteiger partial charge in [-0.05, 0) is 55.3 Å². The number of nitrogens with zero attached hydrogens (tertiary/aromatic N) is 5. The number of rotatable bonds is 3. The number of pyridine rings is 3. The average Bonchev–Trinajstić information content (AvgIpc) is 3.12. The molecule has 6 nitrogen and oxygen atoms in total. The van der Waals surface area contributed by atoms with Crippen molar-refractivity contribution in [3.05, 3.63) is 65.7 Å². The fourth-order valence-corrected chi connectivity index (χ4v) is 2.81. The van der Waals surface area contributed by atoms with Crippen molar-refractivity contribution in [3.63, 3.8) is 0 Å². The molecular formula is C19H14F2N6. The molecule has 0 fully saturated rings. The summed E-state index contributed by atoms with van der Waals surface area (Å²) in [5.41, 5.74) is 3.46. The SMILES string of the molecule is Cc1cc(-c2c(C)ccnc2F)cc(-c2n[nH]c(-c3ccc(F)cn3)n2)n1.